The number of halogens is 3. The van der Waals surface area contributed by atoms with Gasteiger partial charge in [-0.05, 0) is 72.1 Å². The fourth-order valence-corrected chi connectivity index (χ4v) is 8.27. The van der Waals surface area contributed by atoms with E-state index in [0.717, 1.165) is 53.9 Å². The smallest absolute Gasteiger partial charge is 0.297 e. The Balaban J connectivity index is 0.952. The molecule has 10 nitrogen and oxygen atoms in total. The van der Waals surface area contributed by atoms with Crippen molar-refractivity contribution in [2.75, 3.05) is 52.4 Å². The summed E-state index contributed by atoms with van der Waals surface area (Å²) < 4.78 is 31.6. The molecule has 1 atom stereocenters. The monoisotopic (exact) mass is 708 g/mol. The Morgan fingerprint density at radius 3 is 2.26 bits per heavy atom. The number of allylic oxidation sites excluding steroid dienone is 1. The third-order valence-corrected chi connectivity index (χ3v) is 11.1. The van der Waals surface area contributed by atoms with E-state index in [9.17, 15) is 19.2 Å². The highest BCUT2D eigenvalue weighted by Crippen LogP contribution is 2.43. The molecule has 1 aliphatic carbocycles. The molecule has 3 saturated heterocycles. The van der Waals surface area contributed by atoms with Gasteiger partial charge in [-0.15, -0.1) is 0 Å². The van der Waals surface area contributed by atoms with Crippen LogP contribution in [0.4, 0.5) is 13.6 Å². The van der Waals surface area contributed by atoms with Gasteiger partial charge in [0.1, 0.15) is 0 Å². The highest BCUT2D eigenvalue weighted by Gasteiger charge is 2.48. The van der Waals surface area contributed by atoms with Crippen LogP contribution in [0, 0.1) is 5.41 Å². The van der Waals surface area contributed by atoms with Gasteiger partial charge >= 0.3 is 6.03 Å². The number of nitrogens with zero attached hydrogens (tertiary/aromatic N) is 5. The van der Waals surface area contributed by atoms with Gasteiger partial charge in [0.2, 0.25) is 5.91 Å². The standard InChI is InChI=1S/C37H43ClF2N6O4/c1-36(2)12-9-26(30(20-36)25-4-6-27(38)7-5-25)22-42-15-17-44(18-16-42)31-10-13-43(23-37(31,39)40)21-24-3-8-28-29(19-24)34(49)46(33(28)48)45-14-11-32(47)41-35(45)50/h3-8,19,31H,9-18,20-23H2,1-2H3,(H,41,47,50). The van der Waals surface area contributed by atoms with Gasteiger partial charge in [0.05, 0.1) is 30.3 Å². The predicted octanol–water partition coefficient (Wildman–Crippen LogP) is 5.28. The van der Waals surface area contributed by atoms with Gasteiger partial charge in [0.25, 0.3) is 17.7 Å². The summed E-state index contributed by atoms with van der Waals surface area (Å²) in [7, 11) is 0. The molecular formula is C37H43ClF2N6O4. The summed E-state index contributed by atoms with van der Waals surface area (Å²) in [5.74, 6) is -4.73. The zero-order valence-corrected chi connectivity index (χ0v) is 29.3. The number of likely N-dealkylation sites (tertiary alicyclic amines) is 1. The van der Waals surface area contributed by atoms with E-state index in [1.54, 1.807) is 17.0 Å². The average molecular weight is 709 g/mol. The topological polar surface area (TPSA) is 96.5 Å². The van der Waals surface area contributed by atoms with Crippen LogP contribution in [0.25, 0.3) is 5.57 Å². The number of alkyl halides is 2. The predicted molar refractivity (Wildman–Crippen MR) is 184 cm³/mol. The first-order valence-electron chi connectivity index (χ1n) is 17.4. The third-order valence-electron chi connectivity index (χ3n) is 10.9. The number of piperazine rings is 1. The van der Waals surface area contributed by atoms with Crippen LogP contribution in [-0.2, 0) is 11.3 Å². The molecule has 266 valence electrons. The maximum Gasteiger partial charge on any atom is 0.343 e. The summed E-state index contributed by atoms with van der Waals surface area (Å²) in [6.45, 7) is 8.34. The van der Waals surface area contributed by atoms with E-state index in [0.29, 0.717) is 31.6 Å². The minimum absolute atomic E-state index is 0.0346. The molecule has 1 unspecified atom stereocenters. The number of carbonyl (C=O) groups excluding carboxylic acids is 4. The van der Waals surface area contributed by atoms with E-state index in [4.69, 9.17) is 11.6 Å². The number of carbonyl (C=O) groups is 4. The normalized spacial score (nSPS) is 24.9. The van der Waals surface area contributed by atoms with Gasteiger partial charge in [-0.1, -0.05) is 49.2 Å². The lowest BCUT2D eigenvalue weighted by molar-refractivity contribution is -0.134. The minimum atomic E-state index is -2.92. The number of rotatable bonds is 7. The quantitative estimate of drug-likeness (QED) is 0.391. The number of fused-ring (bicyclic) bond motifs is 1. The fraction of sp³-hybridized carbons (Fsp3) is 0.514. The van der Waals surface area contributed by atoms with E-state index < -0.39 is 42.3 Å². The Kier molecular flexibility index (Phi) is 9.34. The van der Waals surface area contributed by atoms with Gasteiger partial charge in [0.15, 0.2) is 0 Å². The van der Waals surface area contributed by atoms with Crippen LogP contribution < -0.4 is 5.32 Å². The zero-order chi connectivity index (χ0) is 35.4. The molecule has 0 radical (unpaired) electrons. The molecule has 4 aliphatic heterocycles. The number of piperidine rings is 1. The Bertz CT molecular complexity index is 1740. The second kappa shape index (κ2) is 13.4. The number of hydrazine groups is 1. The molecule has 4 heterocycles. The number of hydrogen-bond acceptors (Lipinski definition) is 7. The number of nitrogens with one attached hydrogen (secondary N) is 1. The van der Waals surface area contributed by atoms with Crippen molar-refractivity contribution in [3.8, 4) is 0 Å². The molecule has 0 saturated carbocycles. The Morgan fingerprint density at radius 1 is 0.840 bits per heavy atom. The second-order valence-corrected chi connectivity index (χ2v) is 15.5. The number of hydrogen-bond donors (Lipinski definition) is 1. The first-order chi connectivity index (χ1) is 23.8. The van der Waals surface area contributed by atoms with E-state index in [1.807, 2.05) is 17.0 Å². The van der Waals surface area contributed by atoms with Crippen LogP contribution in [0.5, 0.6) is 0 Å². The van der Waals surface area contributed by atoms with Crippen LogP contribution in [0.2, 0.25) is 5.02 Å². The maximum absolute atomic E-state index is 15.8. The van der Waals surface area contributed by atoms with Crippen molar-refractivity contribution in [1.82, 2.24) is 30.0 Å². The lowest BCUT2D eigenvalue weighted by Crippen LogP contribution is -2.61. The molecule has 2 aromatic rings. The molecule has 0 bridgehead atoms. The molecule has 1 N–H and O–H groups in total. The molecule has 3 fully saturated rings. The molecule has 5 aliphatic rings. The lowest BCUT2D eigenvalue weighted by Gasteiger charge is -2.46. The minimum Gasteiger partial charge on any atom is -0.297 e. The Morgan fingerprint density at radius 2 is 1.56 bits per heavy atom. The van der Waals surface area contributed by atoms with Gasteiger partial charge in [-0.25, -0.2) is 18.6 Å². The van der Waals surface area contributed by atoms with Gasteiger partial charge in [-0.2, -0.15) is 5.01 Å². The van der Waals surface area contributed by atoms with Crippen molar-refractivity contribution in [1.29, 1.82) is 0 Å². The van der Waals surface area contributed by atoms with E-state index >= 15 is 8.78 Å². The summed E-state index contributed by atoms with van der Waals surface area (Å²) in [6, 6.07) is 11.1. The second-order valence-electron chi connectivity index (χ2n) is 15.0. The van der Waals surface area contributed by atoms with Crippen molar-refractivity contribution in [3.63, 3.8) is 0 Å². The van der Waals surface area contributed by atoms with Crippen LogP contribution in [0.3, 0.4) is 0 Å². The Hall–Kier alpha value is -3.71. The molecule has 7 rings (SSSR count). The molecule has 0 spiro atoms. The number of urea groups is 1. The summed E-state index contributed by atoms with van der Waals surface area (Å²) >= 11 is 6.18. The van der Waals surface area contributed by atoms with E-state index in [1.165, 1.54) is 22.8 Å². The van der Waals surface area contributed by atoms with Crippen LogP contribution in [0.15, 0.2) is 48.0 Å². The first-order valence-corrected chi connectivity index (χ1v) is 17.8. The summed E-state index contributed by atoms with van der Waals surface area (Å²) in [4.78, 5) is 56.1. The van der Waals surface area contributed by atoms with Crippen molar-refractivity contribution in [2.45, 2.75) is 64.5 Å². The summed E-state index contributed by atoms with van der Waals surface area (Å²) in [5.41, 5.74) is 5.16. The largest absolute Gasteiger partial charge is 0.343 e. The van der Waals surface area contributed by atoms with Crippen LogP contribution >= 0.6 is 11.6 Å². The maximum atomic E-state index is 15.8. The van der Waals surface area contributed by atoms with E-state index in [-0.39, 0.29) is 36.1 Å². The van der Waals surface area contributed by atoms with Crippen LogP contribution in [0.1, 0.15) is 77.8 Å². The molecule has 5 amide bonds. The van der Waals surface area contributed by atoms with Gasteiger partial charge < -0.3 is 0 Å². The Labute approximate surface area is 295 Å². The molecule has 2 aromatic carbocycles. The molecule has 50 heavy (non-hydrogen) atoms. The highest BCUT2D eigenvalue weighted by atomic mass is 35.5. The van der Waals surface area contributed by atoms with Crippen LogP contribution in [-0.4, -0.2) is 113 Å². The van der Waals surface area contributed by atoms with Crippen molar-refractivity contribution in [2.24, 2.45) is 5.41 Å². The average Bonchev–Trinajstić information content (AvgIpc) is 3.31. The van der Waals surface area contributed by atoms with Crippen molar-refractivity contribution < 1.29 is 28.0 Å². The van der Waals surface area contributed by atoms with E-state index in [2.05, 4.69) is 36.2 Å². The zero-order valence-electron chi connectivity index (χ0n) is 28.5. The summed E-state index contributed by atoms with van der Waals surface area (Å²) in [5, 5.41) is 4.53. The van der Waals surface area contributed by atoms with Gasteiger partial charge in [0, 0.05) is 57.3 Å². The fourth-order valence-electron chi connectivity index (χ4n) is 8.15. The third kappa shape index (κ3) is 6.95. The highest BCUT2D eigenvalue weighted by molar-refractivity contribution is 6.30. The SMILES string of the molecule is CC1(C)CCC(CN2CCN(C3CCN(Cc4ccc5c(c4)C(=O)N(N4CCC(=O)NC4=O)C5=O)CC3(F)F)CC2)=C(c2ccc(Cl)cc2)C1. The number of amides is 5. The number of benzene rings is 2. The lowest BCUT2D eigenvalue weighted by atomic mass is 9.72. The molecule has 13 heteroatoms. The molecular weight excluding hydrogens is 666 g/mol. The van der Waals surface area contributed by atoms with Crippen molar-refractivity contribution >= 4 is 40.9 Å². The van der Waals surface area contributed by atoms with Gasteiger partial charge in [-0.3, -0.25) is 34.4 Å². The summed E-state index contributed by atoms with van der Waals surface area (Å²) in [6.07, 6.45) is 3.46. The van der Waals surface area contributed by atoms with Crippen molar-refractivity contribution in [3.05, 3.63) is 75.3 Å². The first kappa shape index (κ1) is 34.7. The molecule has 0 aromatic heterocycles. The number of imide groups is 2.